The van der Waals surface area contributed by atoms with Gasteiger partial charge in [0.2, 0.25) is 0 Å². The van der Waals surface area contributed by atoms with E-state index in [0.29, 0.717) is 10.8 Å². The van der Waals surface area contributed by atoms with Crippen LogP contribution in [0.25, 0.3) is 0 Å². The van der Waals surface area contributed by atoms with Crippen LogP contribution in [-0.4, -0.2) is 15.9 Å². The molecule has 1 amide bonds. The number of carbonyl (C=O) groups excluding carboxylic acids is 1. The number of carbonyl (C=O) groups is 1. The van der Waals surface area contributed by atoms with Gasteiger partial charge in [-0.1, -0.05) is 23.2 Å². The average Bonchev–Trinajstić information content (AvgIpc) is 2.64. The first-order chi connectivity index (χ1) is 12.9. The number of rotatable bonds is 5. The molecule has 138 valence electrons. The van der Waals surface area contributed by atoms with Crippen LogP contribution in [0.1, 0.15) is 10.4 Å². The lowest BCUT2D eigenvalue weighted by Crippen LogP contribution is -2.30. The number of benzene rings is 2. The molecule has 0 saturated carbocycles. The SMILES string of the molecule is Nc1c(NNC(=O)c2ccc(Cl)cc2Cl)ncnc1Nc1ccc(I)cc1. The molecule has 0 bridgehead atoms. The molecule has 0 spiro atoms. The smallest absolute Gasteiger partial charge is 0.271 e. The molecular formula is C17H13Cl2IN6O. The highest BCUT2D eigenvalue weighted by atomic mass is 127. The summed E-state index contributed by atoms with van der Waals surface area (Å²) < 4.78 is 1.11. The van der Waals surface area contributed by atoms with E-state index in [-0.39, 0.29) is 22.1 Å². The molecule has 10 heteroatoms. The first-order valence-electron chi connectivity index (χ1n) is 7.58. The first-order valence-corrected chi connectivity index (χ1v) is 9.42. The Labute approximate surface area is 178 Å². The first kappa shape index (κ1) is 19.5. The van der Waals surface area contributed by atoms with Gasteiger partial charge in [0.05, 0.1) is 10.6 Å². The van der Waals surface area contributed by atoms with E-state index >= 15 is 0 Å². The second-order valence-electron chi connectivity index (χ2n) is 5.32. The zero-order chi connectivity index (χ0) is 19.4. The van der Waals surface area contributed by atoms with Gasteiger partial charge in [-0.15, -0.1) is 0 Å². The Morgan fingerprint density at radius 3 is 2.44 bits per heavy atom. The highest BCUT2D eigenvalue weighted by molar-refractivity contribution is 14.1. The van der Waals surface area contributed by atoms with Gasteiger partial charge in [-0.3, -0.25) is 15.6 Å². The fraction of sp³-hybridized carbons (Fsp3) is 0. The number of halogens is 3. The summed E-state index contributed by atoms with van der Waals surface area (Å²) in [5.74, 6) is 0.200. The molecule has 27 heavy (non-hydrogen) atoms. The third-order valence-corrected chi connectivity index (χ3v) is 4.73. The van der Waals surface area contributed by atoms with E-state index in [1.165, 1.54) is 18.5 Å². The van der Waals surface area contributed by atoms with Gasteiger partial charge in [0, 0.05) is 14.3 Å². The van der Waals surface area contributed by atoms with Crippen LogP contribution < -0.4 is 21.9 Å². The Hall–Kier alpha value is -2.30. The van der Waals surface area contributed by atoms with Gasteiger partial charge in [-0.2, -0.15) is 0 Å². The van der Waals surface area contributed by atoms with E-state index in [1.54, 1.807) is 6.07 Å². The Bertz CT molecular complexity index is 984. The molecule has 1 heterocycles. The summed E-state index contributed by atoms with van der Waals surface area (Å²) in [6, 6.07) is 12.3. The zero-order valence-electron chi connectivity index (χ0n) is 13.6. The minimum atomic E-state index is -0.457. The molecule has 3 aromatic rings. The molecule has 0 atom stereocenters. The second-order valence-corrected chi connectivity index (χ2v) is 7.41. The summed E-state index contributed by atoms with van der Waals surface area (Å²) in [6.45, 7) is 0. The van der Waals surface area contributed by atoms with Crippen molar-refractivity contribution in [2.45, 2.75) is 0 Å². The maximum absolute atomic E-state index is 12.3. The summed E-state index contributed by atoms with van der Waals surface area (Å²) in [4.78, 5) is 20.4. The van der Waals surface area contributed by atoms with Gasteiger partial charge in [-0.05, 0) is 65.1 Å². The van der Waals surface area contributed by atoms with Crippen molar-refractivity contribution in [1.29, 1.82) is 0 Å². The number of hydrazine groups is 1. The third-order valence-electron chi connectivity index (χ3n) is 3.46. The summed E-state index contributed by atoms with van der Waals surface area (Å²) in [7, 11) is 0. The van der Waals surface area contributed by atoms with Crippen LogP contribution >= 0.6 is 45.8 Å². The predicted octanol–water partition coefficient (Wildman–Crippen LogP) is 4.47. The minimum Gasteiger partial charge on any atom is -0.393 e. The van der Waals surface area contributed by atoms with Crippen LogP contribution in [0.4, 0.5) is 23.0 Å². The molecule has 0 radical (unpaired) electrons. The van der Waals surface area contributed by atoms with Crippen molar-refractivity contribution < 1.29 is 4.79 Å². The molecule has 7 nitrogen and oxygen atoms in total. The third kappa shape index (κ3) is 4.90. The van der Waals surface area contributed by atoms with Gasteiger partial charge in [-0.25, -0.2) is 9.97 Å². The Morgan fingerprint density at radius 2 is 1.74 bits per heavy atom. The van der Waals surface area contributed by atoms with Crippen molar-refractivity contribution in [3.63, 3.8) is 0 Å². The topological polar surface area (TPSA) is 105 Å². The molecule has 1 aromatic heterocycles. The number of hydrogen-bond acceptors (Lipinski definition) is 6. The molecule has 5 N–H and O–H groups in total. The van der Waals surface area contributed by atoms with Crippen molar-refractivity contribution in [1.82, 2.24) is 15.4 Å². The predicted molar refractivity (Wildman–Crippen MR) is 116 cm³/mol. The van der Waals surface area contributed by atoms with Crippen molar-refractivity contribution in [2.75, 3.05) is 16.5 Å². The van der Waals surface area contributed by atoms with E-state index < -0.39 is 5.91 Å². The van der Waals surface area contributed by atoms with Crippen LogP contribution in [0.2, 0.25) is 10.0 Å². The van der Waals surface area contributed by atoms with Crippen LogP contribution in [0, 0.1) is 3.57 Å². The largest absolute Gasteiger partial charge is 0.393 e. The zero-order valence-corrected chi connectivity index (χ0v) is 17.3. The lowest BCUT2D eigenvalue weighted by molar-refractivity contribution is 0.0962. The van der Waals surface area contributed by atoms with Gasteiger partial charge < -0.3 is 11.1 Å². The molecule has 0 aliphatic heterocycles. The summed E-state index contributed by atoms with van der Waals surface area (Å²) >= 11 is 14.1. The lowest BCUT2D eigenvalue weighted by Gasteiger charge is -2.13. The summed E-state index contributed by atoms with van der Waals surface area (Å²) in [5.41, 5.74) is 12.6. The maximum Gasteiger partial charge on any atom is 0.271 e. The molecular weight excluding hydrogens is 502 g/mol. The quantitative estimate of drug-likeness (QED) is 0.296. The van der Waals surface area contributed by atoms with E-state index in [2.05, 4.69) is 48.7 Å². The van der Waals surface area contributed by atoms with Crippen molar-refractivity contribution in [3.05, 3.63) is 68.0 Å². The van der Waals surface area contributed by atoms with Crippen LogP contribution in [0.3, 0.4) is 0 Å². The summed E-state index contributed by atoms with van der Waals surface area (Å²) in [5, 5.41) is 3.78. The molecule has 0 saturated heterocycles. The number of anilines is 4. The highest BCUT2D eigenvalue weighted by Crippen LogP contribution is 2.26. The molecule has 0 aliphatic rings. The van der Waals surface area contributed by atoms with Gasteiger partial charge in [0.1, 0.15) is 12.0 Å². The summed E-state index contributed by atoms with van der Waals surface area (Å²) in [6.07, 6.45) is 1.33. The fourth-order valence-corrected chi connectivity index (χ4v) is 2.98. The Morgan fingerprint density at radius 1 is 1.04 bits per heavy atom. The normalized spacial score (nSPS) is 10.3. The average molecular weight is 515 g/mol. The monoisotopic (exact) mass is 514 g/mol. The van der Waals surface area contributed by atoms with E-state index in [4.69, 9.17) is 28.9 Å². The molecule has 0 fully saturated rings. The van der Waals surface area contributed by atoms with Crippen molar-refractivity contribution in [3.8, 4) is 0 Å². The highest BCUT2D eigenvalue weighted by Gasteiger charge is 2.13. The van der Waals surface area contributed by atoms with E-state index in [1.807, 2.05) is 24.3 Å². The van der Waals surface area contributed by atoms with E-state index in [0.717, 1.165) is 9.26 Å². The number of nitrogens with zero attached hydrogens (tertiary/aromatic N) is 2. The number of amides is 1. The Kier molecular flexibility index (Phi) is 6.19. The lowest BCUT2D eigenvalue weighted by atomic mass is 10.2. The van der Waals surface area contributed by atoms with Crippen molar-refractivity contribution >= 4 is 74.7 Å². The maximum atomic E-state index is 12.3. The van der Waals surface area contributed by atoms with E-state index in [9.17, 15) is 4.79 Å². The molecule has 3 rings (SSSR count). The number of nitrogen functional groups attached to an aromatic ring is 1. The molecule has 0 aliphatic carbocycles. The standard InChI is InChI=1S/C17H13Cl2IN6O/c18-9-1-6-12(13(19)7-9)17(27)26-25-16-14(21)15(22-8-23-16)24-11-4-2-10(20)3-5-11/h1-8H,21H2,(H,26,27)(H2,22,23,24,25). The number of hydrogen-bond donors (Lipinski definition) is 4. The fourth-order valence-electron chi connectivity index (χ4n) is 2.12. The second kappa shape index (κ2) is 8.59. The Balaban J connectivity index is 1.72. The number of aromatic nitrogens is 2. The van der Waals surface area contributed by atoms with Crippen LogP contribution in [-0.2, 0) is 0 Å². The minimum absolute atomic E-state index is 0.235. The number of nitrogens with one attached hydrogen (secondary N) is 3. The molecule has 0 unspecified atom stereocenters. The van der Waals surface area contributed by atoms with Crippen LogP contribution in [0.15, 0.2) is 48.8 Å². The van der Waals surface area contributed by atoms with Gasteiger partial charge in [0.25, 0.3) is 5.91 Å². The van der Waals surface area contributed by atoms with Crippen molar-refractivity contribution in [2.24, 2.45) is 0 Å². The van der Waals surface area contributed by atoms with Gasteiger partial charge >= 0.3 is 0 Å². The van der Waals surface area contributed by atoms with Gasteiger partial charge in [0.15, 0.2) is 11.6 Å². The number of nitrogens with two attached hydrogens (primary N) is 1. The van der Waals surface area contributed by atoms with Crippen LogP contribution in [0.5, 0.6) is 0 Å². The molecule has 2 aromatic carbocycles.